The van der Waals surface area contributed by atoms with Gasteiger partial charge in [0.05, 0.1) is 5.25 Å². The zero-order valence-corrected chi connectivity index (χ0v) is 21.7. The molecule has 1 unspecified atom stereocenters. The van der Waals surface area contributed by atoms with E-state index >= 15 is 0 Å². The number of rotatable bonds is 9. The van der Waals surface area contributed by atoms with Crippen LogP contribution >= 0.6 is 11.8 Å². The van der Waals surface area contributed by atoms with Crippen molar-refractivity contribution >= 4 is 47.1 Å². The molecule has 1 heterocycles. The highest BCUT2D eigenvalue weighted by molar-refractivity contribution is 8.00. The van der Waals surface area contributed by atoms with E-state index in [9.17, 15) is 18.8 Å². The van der Waals surface area contributed by atoms with Crippen molar-refractivity contribution in [3.8, 4) is 0 Å². The number of hydrogen-bond donors (Lipinski definition) is 3. The van der Waals surface area contributed by atoms with E-state index < -0.39 is 22.9 Å². The molecular formula is C30H25FN4O3S. The van der Waals surface area contributed by atoms with Gasteiger partial charge in [-0.05, 0) is 67.6 Å². The van der Waals surface area contributed by atoms with E-state index in [1.54, 1.807) is 92.0 Å². The Morgan fingerprint density at radius 1 is 0.846 bits per heavy atom. The van der Waals surface area contributed by atoms with Crippen molar-refractivity contribution in [3.63, 3.8) is 0 Å². The minimum Gasteiger partial charge on any atom is -0.321 e. The average Bonchev–Trinajstić information content (AvgIpc) is 2.95. The molecule has 3 aromatic carbocycles. The molecule has 0 aliphatic rings. The van der Waals surface area contributed by atoms with Crippen molar-refractivity contribution in [2.75, 3.05) is 10.6 Å². The van der Waals surface area contributed by atoms with Crippen molar-refractivity contribution in [1.82, 2.24) is 10.3 Å². The summed E-state index contributed by atoms with van der Waals surface area (Å²) in [5.41, 5.74) is 0.851. The highest BCUT2D eigenvalue weighted by Gasteiger charge is 2.17. The first-order valence-corrected chi connectivity index (χ1v) is 12.9. The number of carbonyl (C=O) groups excluding carboxylic acids is 3. The Balaban J connectivity index is 1.44. The van der Waals surface area contributed by atoms with Gasteiger partial charge in [0.15, 0.2) is 0 Å². The van der Waals surface area contributed by atoms with Gasteiger partial charge >= 0.3 is 0 Å². The lowest BCUT2D eigenvalue weighted by atomic mass is 10.1. The van der Waals surface area contributed by atoms with Crippen molar-refractivity contribution in [2.45, 2.75) is 17.1 Å². The number of thioether (sulfide) groups is 1. The first kappa shape index (κ1) is 27.3. The second-order valence-corrected chi connectivity index (χ2v) is 9.76. The van der Waals surface area contributed by atoms with E-state index in [1.807, 2.05) is 0 Å². The predicted octanol–water partition coefficient (Wildman–Crippen LogP) is 5.75. The smallest absolute Gasteiger partial charge is 0.272 e. The maximum atomic E-state index is 14.3. The third kappa shape index (κ3) is 7.86. The molecule has 0 spiro atoms. The van der Waals surface area contributed by atoms with Gasteiger partial charge in [0, 0.05) is 27.9 Å². The molecule has 0 saturated heterocycles. The van der Waals surface area contributed by atoms with E-state index in [0.717, 1.165) is 4.90 Å². The summed E-state index contributed by atoms with van der Waals surface area (Å²) in [7, 11) is 0. The summed E-state index contributed by atoms with van der Waals surface area (Å²) < 4.78 is 14.3. The summed E-state index contributed by atoms with van der Waals surface area (Å²) in [6.07, 6.45) is 2.89. The van der Waals surface area contributed by atoms with E-state index in [4.69, 9.17) is 0 Å². The number of aromatic nitrogens is 1. The van der Waals surface area contributed by atoms with Crippen LogP contribution in [-0.2, 0) is 9.59 Å². The van der Waals surface area contributed by atoms with Crippen LogP contribution in [0.5, 0.6) is 0 Å². The second kappa shape index (κ2) is 13.2. The Morgan fingerprint density at radius 2 is 1.54 bits per heavy atom. The van der Waals surface area contributed by atoms with Crippen molar-refractivity contribution in [3.05, 3.63) is 126 Å². The lowest BCUT2D eigenvalue weighted by Crippen LogP contribution is -2.30. The number of pyridine rings is 1. The number of nitrogens with one attached hydrogen (secondary N) is 3. The number of hydrogen-bond acceptors (Lipinski definition) is 5. The van der Waals surface area contributed by atoms with E-state index in [-0.39, 0.29) is 17.2 Å². The quantitative estimate of drug-likeness (QED) is 0.185. The van der Waals surface area contributed by atoms with E-state index in [2.05, 4.69) is 20.9 Å². The maximum Gasteiger partial charge on any atom is 0.272 e. The lowest BCUT2D eigenvalue weighted by molar-refractivity contribution is -0.115. The van der Waals surface area contributed by atoms with Gasteiger partial charge in [0.25, 0.3) is 11.8 Å². The minimum absolute atomic E-state index is 0.118. The van der Waals surface area contributed by atoms with Gasteiger partial charge in [-0.2, -0.15) is 0 Å². The Labute approximate surface area is 229 Å². The first-order valence-electron chi connectivity index (χ1n) is 12.0. The van der Waals surface area contributed by atoms with Crippen LogP contribution in [0.25, 0.3) is 6.08 Å². The number of anilines is 2. The fourth-order valence-electron chi connectivity index (χ4n) is 3.43. The number of carbonyl (C=O) groups is 3. The van der Waals surface area contributed by atoms with Crippen molar-refractivity contribution in [1.29, 1.82) is 0 Å². The molecule has 9 heteroatoms. The largest absolute Gasteiger partial charge is 0.321 e. The Hall–Kier alpha value is -4.76. The van der Waals surface area contributed by atoms with E-state index in [1.165, 1.54) is 36.0 Å². The van der Waals surface area contributed by atoms with Gasteiger partial charge in [-0.25, -0.2) is 9.37 Å². The molecular weight excluding hydrogens is 515 g/mol. The Morgan fingerprint density at radius 3 is 2.23 bits per heavy atom. The first-order chi connectivity index (χ1) is 18.9. The SMILES string of the molecule is CC(Sc1ccc(NC(=O)/C(=C/c2ccccc2F)NC(=O)c2ccccc2)cc1)C(=O)Nc1ccccn1. The van der Waals surface area contributed by atoms with Crippen LogP contribution in [0.1, 0.15) is 22.8 Å². The molecule has 3 amide bonds. The maximum absolute atomic E-state index is 14.3. The third-order valence-electron chi connectivity index (χ3n) is 5.44. The van der Waals surface area contributed by atoms with Crippen LogP contribution in [0.15, 0.2) is 114 Å². The highest BCUT2D eigenvalue weighted by atomic mass is 32.2. The molecule has 4 rings (SSSR count). The van der Waals surface area contributed by atoms with E-state index in [0.29, 0.717) is 17.1 Å². The molecule has 196 valence electrons. The molecule has 1 aromatic heterocycles. The minimum atomic E-state index is -0.619. The fraction of sp³-hybridized carbons (Fsp3) is 0.0667. The highest BCUT2D eigenvalue weighted by Crippen LogP contribution is 2.26. The van der Waals surface area contributed by atoms with Crippen LogP contribution < -0.4 is 16.0 Å². The van der Waals surface area contributed by atoms with Crippen LogP contribution in [0.4, 0.5) is 15.9 Å². The molecule has 1 atom stereocenters. The molecule has 3 N–H and O–H groups in total. The monoisotopic (exact) mass is 540 g/mol. The van der Waals surface area contributed by atoms with Crippen LogP contribution in [0.3, 0.4) is 0 Å². The zero-order valence-electron chi connectivity index (χ0n) is 20.9. The molecule has 0 aliphatic heterocycles. The molecule has 0 radical (unpaired) electrons. The van der Waals surface area contributed by atoms with Crippen LogP contribution in [-0.4, -0.2) is 28.0 Å². The summed E-state index contributed by atoms with van der Waals surface area (Å²) >= 11 is 1.35. The molecule has 39 heavy (non-hydrogen) atoms. The third-order valence-corrected chi connectivity index (χ3v) is 6.56. The number of benzene rings is 3. The molecule has 4 aromatic rings. The molecule has 0 saturated carbocycles. The summed E-state index contributed by atoms with van der Waals surface area (Å²) in [5.74, 6) is -1.36. The van der Waals surface area contributed by atoms with Gasteiger partial charge in [0.2, 0.25) is 5.91 Å². The van der Waals surface area contributed by atoms with Gasteiger partial charge in [-0.3, -0.25) is 14.4 Å². The van der Waals surface area contributed by atoms with Gasteiger partial charge < -0.3 is 16.0 Å². The zero-order chi connectivity index (χ0) is 27.6. The number of nitrogens with zero attached hydrogens (tertiary/aromatic N) is 1. The Kier molecular flexibility index (Phi) is 9.20. The second-order valence-electron chi connectivity index (χ2n) is 8.34. The topological polar surface area (TPSA) is 100 Å². The van der Waals surface area contributed by atoms with Crippen LogP contribution in [0, 0.1) is 5.82 Å². The molecule has 7 nitrogen and oxygen atoms in total. The fourth-order valence-corrected chi connectivity index (χ4v) is 4.29. The average molecular weight is 541 g/mol. The molecule has 0 aliphatic carbocycles. The van der Waals surface area contributed by atoms with Crippen molar-refractivity contribution < 1.29 is 18.8 Å². The Bertz CT molecular complexity index is 1480. The van der Waals surface area contributed by atoms with Gasteiger partial charge in [-0.1, -0.05) is 42.5 Å². The summed E-state index contributed by atoms with van der Waals surface area (Å²) in [6, 6.07) is 26.5. The van der Waals surface area contributed by atoms with Crippen molar-refractivity contribution in [2.24, 2.45) is 0 Å². The predicted molar refractivity (Wildman–Crippen MR) is 152 cm³/mol. The number of amides is 3. The molecule has 0 fully saturated rings. The standard InChI is InChI=1S/C30H25FN4O3S/c1-20(28(36)35-27-13-7-8-18-32-27)39-24-16-14-23(15-17-24)33-30(38)26(19-22-11-5-6-12-25(22)31)34-29(37)21-9-3-2-4-10-21/h2-20H,1H3,(H,33,38)(H,34,37)(H,32,35,36)/b26-19-. The van der Waals surface area contributed by atoms with Gasteiger partial charge in [-0.15, -0.1) is 11.8 Å². The molecule has 0 bridgehead atoms. The summed E-state index contributed by atoms with van der Waals surface area (Å²) in [5, 5.41) is 7.70. The number of halogens is 1. The summed E-state index contributed by atoms with van der Waals surface area (Å²) in [4.78, 5) is 43.3. The van der Waals surface area contributed by atoms with Crippen LogP contribution in [0.2, 0.25) is 0 Å². The van der Waals surface area contributed by atoms with Gasteiger partial charge in [0.1, 0.15) is 17.3 Å². The summed E-state index contributed by atoms with van der Waals surface area (Å²) in [6.45, 7) is 1.79. The normalized spacial score (nSPS) is 11.8. The lowest BCUT2D eigenvalue weighted by Gasteiger charge is -2.13.